The van der Waals surface area contributed by atoms with Crippen molar-refractivity contribution < 1.29 is 27.9 Å². The molecule has 1 rings (SSSR count). The Kier molecular flexibility index (Phi) is 4.14. The Morgan fingerprint density at radius 1 is 1.32 bits per heavy atom. The van der Waals surface area contributed by atoms with Crippen molar-refractivity contribution >= 4 is 11.9 Å². The van der Waals surface area contributed by atoms with Crippen LogP contribution in [-0.2, 0) is 9.59 Å². The van der Waals surface area contributed by atoms with Crippen molar-refractivity contribution in [1.29, 1.82) is 0 Å². The SMILES string of the molecule is CC(N)(C(=O)NC1(CC(=O)O)CCCC1)C(F)(F)F. The summed E-state index contributed by atoms with van der Waals surface area (Å²) < 4.78 is 37.9. The molecule has 1 amide bonds. The van der Waals surface area contributed by atoms with Gasteiger partial charge in [-0.15, -0.1) is 0 Å². The van der Waals surface area contributed by atoms with Crippen molar-refractivity contribution in [2.45, 2.75) is 56.3 Å². The molecule has 4 N–H and O–H groups in total. The Bertz CT molecular complexity index is 374. The molecule has 1 atom stereocenters. The number of carbonyl (C=O) groups excluding carboxylic acids is 1. The first-order valence-corrected chi connectivity index (χ1v) is 5.90. The lowest BCUT2D eigenvalue weighted by molar-refractivity contribution is -0.188. The molecule has 0 bridgehead atoms. The lowest BCUT2D eigenvalue weighted by atomic mass is 9.91. The summed E-state index contributed by atoms with van der Waals surface area (Å²) in [7, 11) is 0. The van der Waals surface area contributed by atoms with Crippen LogP contribution < -0.4 is 11.1 Å². The van der Waals surface area contributed by atoms with E-state index in [1.807, 2.05) is 0 Å². The van der Waals surface area contributed by atoms with E-state index in [2.05, 4.69) is 5.32 Å². The van der Waals surface area contributed by atoms with Gasteiger partial charge in [0, 0.05) is 0 Å². The van der Waals surface area contributed by atoms with E-state index >= 15 is 0 Å². The van der Waals surface area contributed by atoms with E-state index in [1.165, 1.54) is 0 Å². The van der Waals surface area contributed by atoms with Gasteiger partial charge in [0.1, 0.15) is 0 Å². The molecule has 5 nitrogen and oxygen atoms in total. The van der Waals surface area contributed by atoms with Gasteiger partial charge >= 0.3 is 12.1 Å². The highest BCUT2D eigenvalue weighted by molar-refractivity contribution is 5.87. The summed E-state index contributed by atoms with van der Waals surface area (Å²) in [6.45, 7) is 0.575. The average molecular weight is 282 g/mol. The maximum Gasteiger partial charge on any atom is 0.415 e. The van der Waals surface area contributed by atoms with Crippen LogP contribution in [0.1, 0.15) is 39.0 Å². The standard InChI is InChI=1S/C11H17F3N2O3/c1-9(15,11(12,13)14)8(19)16-10(6-7(17)18)4-2-3-5-10/h2-6,15H2,1H3,(H,16,19)(H,17,18). The lowest BCUT2D eigenvalue weighted by Crippen LogP contribution is -2.65. The Morgan fingerprint density at radius 2 is 1.79 bits per heavy atom. The molecule has 1 saturated carbocycles. The molecule has 19 heavy (non-hydrogen) atoms. The van der Waals surface area contributed by atoms with E-state index < -0.39 is 35.6 Å². The topological polar surface area (TPSA) is 92.4 Å². The van der Waals surface area contributed by atoms with Gasteiger partial charge in [-0.3, -0.25) is 9.59 Å². The summed E-state index contributed by atoms with van der Waals surface area (Å²) in [5, 5.41) is 11.0. The molecule has 0 aromatic heterocycles. The normalized spacial score (nSPS) is 21.7. The van der Waals surface area contributed by atoms with E-state index in [4.69, 9.17) is 10.8 Å². The van der Waals surface area contributed by atoms with Gasteiger partial charge in [-0.05, 0) is 19.8 Å². The predicted molar refractivity (Wildman–Crippen MR) is 60.2 cm³/mol. The number of halogens is 3. The van der Waals surface area contributed by atoms with Crippen LogP contribution in [0.4, 0.5) is 13.2 Å². The molecule has 1 fully saturated rings. The third kappa shape index (κ3) is 3.37. The van der Waals surface area contributed by atoms with Crippen LogP contribution in [0.25, 0.3) is 0 Å². The zero-order valence-corrected chi connectivity index (χ0v) is 10.5. The molecule has 0 saturated heterocycles. The average Bonchev–Trinajstić information content (AvgIpc) is 2.63. The third-order valence-electron chi connectivity index (χ3n) is 3.49. The molecule has 0 aliphatic heterocycles. The van der Waals surface area contributed by atoms with E-state index in [0.717, 1.165) is 0 Å². The zero-order valence-electron chi connectivity index (χ0n) is 10.5. The van der Waals surface area contributed by atoms with Crippen LogP contribution in [0.2, 0.25) is 0 Å². The van der Waals surface area contributed by atoms with Crippen LogP contribution in [-0.4, -0.2) is 34.2 Å². The fourth-order valence-electron chi connectivity index (χ4n) is 2.19. The zero-order chi connectivity index (χ0) is 14.9. The smallest absolute Gasteiger partial charge is 0.415 e. The van der Waals surface area contributed by atoms with Crippen LogP contribution >= 0.6 is 0 Å². The Labute approximate surface area is 108 Å². The van der Waals surface area contributed by atoms with Gasteiger partial charge in [0.05, 0.1) is 12.0 Å². The maximum absolute atomic E-state index is 12.6. The van der Waals surface area contributed by atoms with Crippen LogP contribution in [0.15, 0.2) is 0 Å². The number of alkyl halides is 3. The molecule has 1 aliphatic carbocycles. The Morgan fingerprint density at radius 3 is 2.16 bits per heavy atom. The second-order valence-electron chi connectivity index (χ2n) is 5.21. The van der Waals surface area contributed by atoms with Crippen molar-refractivity contribution in [2.75, 3.05) is 0 Å². The monoisotopic (exact) mass is 282 g/mol. The fourth-order valence-corrected chi connectivity index (χ4v) is 2.19. The van der Waals surface area contributed by atoms with Crippen molar-refractivity contribution in [3.05, 3.63) is 0 Å². The van der Waals surface area contributed by atoms with Gasteiger partial charge in [-0.25, -0.2) is 0 Å². The molecule has 0 radical (unpaired) electrons. The highest BCUT2D eigenvalue weighted by atomic mass is 19.4. The third-order valence-corrected chi connectivity index (χ3v) is 3.49. The van der Waals surface area contributed by atoms with Crippen LogP contribution in [0.3, 0.4) is 0 Å². The first-order valence-electron chi connectivity index (χ1n) is 5.90. The van der Waals surface area contributed by atoms with Crippen molar-refractivity contribution in [3.8, 4) is 0 Å². The number of carboxylic acids is 1. The molecule has 110 valence electrons. The molecule has 0 spiro atoms. The van der Waals surface area contributed by atoms with Crippen molar-refractivity contribution in [3.63, 3.8) is 0 Å². The predicted octanol–water partition coefficient (Wildman–Crippen LogP) is 1.17. The molecule has 8 heteroatoms. The van der Waals surface area contributed by atoms with Gasteiger partial charge in [0.2, 0.25) is 5.91 Å². The summed E-state index contributed by atoms with van der Waals surface area (Å²) in [6.07, 6.45) is -3.26. The van der Waals surface area contributed by atoms with Crippen molar-refractivity contribution in [2.24, 2.45) is 5.73 Å². The van der Waals surface area contributed by atoms with Gasteiger partial charge < -0.3 is 16.2 Å². The minimum absolute atomic E-state index is 0.346. The van der Waals surface area contributed by atoms with E-state index in [-0.39, 0.29) is 0 Å². The number of aliphatic carboxylic acids is 1. The lowest BCUT2D eigenvalue weighted by Gasteiger charge is -2.34. The Balaban J connectivity index is 2.86. The molecule has 0 aromatic carbocycles. The van der Waals surface area contributed by atoms with E-state index in [9.17, 15) is 22.8 Å². The number of nitrogens with one attached hydrogen (secondary N) is 1. The minimum atomic E-state index is -4.89. The number of hydrogen-bond acceptors (Lipinski definition) is 3. The highest BCUT2D eigenvalue weighted by Gasteiger charge is 2.55. The summed E-state index contributed by atoms with van der Waals surface area (Å²) in [5.74, 6) is -2.55. The molecule has 0 aromatic rings. The van der Waals surface area contributed by atoms with E-state index in [0.29, 0.717) is 32.6 Å². The molecular weight excluding hydrogens is 265 g/mol. The molecular formula is C11H17F3N2O3. The number of rotatable bonds is 4. The quantitative estimate of drug-likeness (QED) is 0.721. The summed E-state index contributed by atoms with van der Waals surface area (Å²) >= 11 is 0. The maximum atomic E-state index is 12.6. The Hall–Kier alpha value is -1.31. The number of nitrogens with two attached hydrogens (primary N) is 1. The number of amides is 1. The van der Waals surface area contributed by atoms with Crippen LogP contribution in [0.5, 0.6) is 0 Å². The summed E-state index contributed by atoms with van der Waals surface area (Å²) in [6, 6.07) is 0. The summed E-state index contributed by atoms with van der Waals surface area (Å²) in [4.78, 5) is 22.5. The molecule has 0 heterocycles. The largest absolute Gasteiger partial charge is 0.481 e. The van der Waals surface area contributed by atoms with E-state index in [1.54, 1.807) is 0 Å². The van der Waals surface area contributed by atoms with Crippen LogP contribution in [0, 0.1) is 0 Å². The number of carboxylic acid groups (broad SMARTS) is 1. The summed E-state index contributed by atoms with van der Waals surface area (Å²) in [5.41, 5.74) is 0.878. The van der Waals surface area contributed by atoms with Gasteiger partial charge in [-0.1, -0.05) is 12.8 Å². The first kappa shape index (κ1) is 15.7. The van der Waals surface area contributed by atoms with Crippen molar-refractivity contribution in [1.82, 2.24) is 5.32 Å². The second-order valence-corrected chi connectivity index (χ2v) is 5.21. The number of carbonyl (C=O) groups is 2. The highest BCUT2D eigenvalue weighted by Crippen LogP contribution is 2.35. The van der Waals surface area contributed by atoms with Gasteiger partial charge in [0.15, 0.2) is 5.54 Å². The van der Waals surface area contributed by atoms with Gasteiger partial charge in [-0.2, -0.15) is 13.2 Å². The minimum Gasteiger partial charge on any atom is -0.481 e. The number of hydrogen-bond donors (Lipinski definition) is 3. The second kappa shape index (κ2) is 4.99. The van der Waals surface area contributed by atoms with Gasteiger partial charge in [0.25, 0.3) is 0 Å². The fraction of sp³-hybridized carbons (Fsp3) is 0.818. The molecule has 1 aliphatic rings. The first-order chi connectivity index (χ1) is 8.50. The molecule has 1 unspecified atom stereocenters.